The maximum Gasteiger partial charge on any atom is 0.354 e. The van der Waals surface area contributed by atoms with Crippen molar-refractivity contribution in [1.29, 1.82) is 0 Å². The molecule has 2 heterocycles. The van der Waals surface area contributed by atoms with Gasteiger partial charge in [0.2, 0.25) is 5.88 Å². The van der Waals surface area contributed by atoms with Crippen molar-refractivity contribution in [3.05, 3.63) is 95.8 Å². The Morgan fingerprint density at radius 1 is 1.03 bits per heavy atom. The number of aromatic carboxylic acids is 1. The Bertz CT molecular complexity index is 1290. The quantitative estimate of drug-likeness (QED) is 0.334. The largest absolute Gasteiger partial charge is 0.477 e. The maximum absolute atomic E-state index is 11.9. The number of hydrogen-bond donors (Lipinski definition) is 2. The second-order valence-electron chi connectivity index (χ2n) is 9.08. The third-order valence-corrected chi connectivity index (χ3v) is 5.54. The minimum Gasteiger partial charge on any atom is -0.477 e. The van der Waals surface area contributed by atoms with Crippen molar-refractivity contribution in [2.75, 3.05) is 5.32 Å². The minimum atomic E-state index is -1.05. The van der Waals surface area contributed by atoms with Crippen LogP contribution in [0.4, 0.5) is 11.5 Å². The Balaban J connectivity index is 1.66. The fourth-order valence-electron chi connectivity index (χ4n) is 3.77. The molecule has 4 rings (SSSR count). The molecule has 0 aliphatic carbocycles. The predicted octanol–water partition coefficient (Wildman–Crippen LogP) is 6.42. The van der Waals surface area contributed by atoms with Crippen LogP contribution in [-0.4, -0.2) is 25.8 Å². The van der Waals surface area contributed by atoms with Gasteiger partial charge in [0.05, 0.1) is 6.04 Å². The SMILES string of the molecule is CC(c1ccccc1)n1nc(Nc2cccnc2Oc2ccccc2C(C)(C)C)cc1C(=O)O. The lowest BCUT2D eigenvalue weighted by Crippen LogP contribution is -2.15. The Kier molecular flexibility index (Phi) is 6.36. The summed E-state index contributed by atoms with van der Waals surface area (Å²) < 4.78 is 7.72. The standard InChI is InChI=1S/C27H28N4O3/c1-18(19-11-6-5-7-12-19)31-22(26(32)33)17-24(30-31)29-21-14-10-16-28-25(21)34-23-15-9-8-13-20(23)27(2,3)4/h5-18H,1-4H3,(H,29,30)(H,32,33). The van der Waals surface area contributed by atoms with Crippen LogP contribution >= 0.6 is 0 Å². The normalized spacial score (nSPS) is 12.2. The maximum atomic E-state index is 11.9. The average molecular weight is 457 g/mol. The fourth-order valence-corrected chi connectivity index (χ4v) is 3.77. The lowest BCUT2D eigenvalue weighted by molar-refractivity contribution is 0.0682. The Hall–Kier alpha value is -4.13. The molecule has 1 atom stereocenters. The summed E-state index contributed by atoms with van der Waals surface area (Å²) in [6.07, 6.45) is 1.65. The number of pyridine rings is 1. The molecule has 0 saturated carbocycles. The van der Waals surface area contributed by atoms with E-state index in [9.17, 15) is 9.90 Å². The van der Waals surface area contributed by atoms with Gasteiger partial charge < -0.3 is 15.2 Å². The highest BCUT2D eigenvalue weighted by molar-refractivity contribution is 5.87. The van der Waals surface area contributed by atoms with Crippen LogP contribution < -0.4 is 10.1 Å². The van der Waals surface area contributed by atoms with Crippen molar-refractivity contribution in [3.8, 4) is 11.6 Å². The molecule has 0 amide bonds. The zero-order chi connectivity index (χ0) is 24.3. The van der Waals surface area contributed by atoms with Crippen molar-refractivity contribution >= 4 is 17.5 Å². The van der Waals surface area contributed by atoms with E-state index in [1.165, 1.54) is 10.7 Å². The summed E-state index contributed by atoms with van der Waals surface area (Å²) >= 11 is 0. The lowest BCUT2D eigenvalue weighted by Gasteiger charge is -2.22. The molecule has 7 heteroatoms. The van der Waals surface area contributed by atoms with Crippen LogP contribution in [0.2, 0.25) is 0 Å². The van der Waals surface area contributed by atoms with E-state index in [2.05, 4.69) is 36.2 Å². The number of benzene rings is 2. The molecule has 0 fully saturated rings. The van der Waals surface area contributed by atoms with E-state index in [1.54, 1.807) is 12.3 Å². The van der Waals surface area contributed by atoms with Gasteiger partial charge in [-0.2, -0.15) is 5.10 Å². The molecule has 0 aliphatic rings. The number of rotatable bonds is 7. The molecule has 34 heavy (non-hydrogen) atoms. The molecule has 0 radical (unpaired) electrons. The first-order chi connectivity index (χ1) is 16.2. The van der Waals surface area contributed by atoms with Crippen LogP contribution in [0.25, 0.3) is 0 Å². The first-order valence-electron chi connectivity index (χ1n) is 11.1. The zero-order valence-electron chi connectivity index (χ0n) is 19.7. The van der Waals surface area contributed by atoms with Crippen molar-refractivity contribution in [3.63, 3.8) is 0 Å². The summed E-state index contributed by atoms with van der Waals surface area (Å²) in [5, 5.41) is 17.5. The van der Waals surface area contributed by atoms with E-state index in [4.69, 9.17) is 4.74 Å². The highest BCUT2D eigenvalue weighted by Crippen LogP contribution is 2.36. The molecule has 0 saturated heterocycles. The zero-order valence-corrected chi connectivity index (χ0v) is 19.7. The molecule has 1 unspecified atom stereocenters. The van der Waals surface area contributed by atoms with E-state index in [-0.39, 0.29) is 17.2 Å². The lowest BCUT2D eigenvalue weighted by atomic mass is 9.86. The molecule has 2 aromatic carbocycles. The van der Waals surface area contributed by atoms with Crippen LogP contribution in [0.5, 0.6) is 11.6 Å². The van der Waals surface area contributed by atoms with Crippen molar-refractivity contribution in [2.24, 2.45) is 0 Å². The average Bonchev–Trinajstić information content (AvgIpc) is 3.24. The van der Waals surface area contributed by atoms with Gasteiger partial charge >= 0.3 is 5.97 Å². The first-order valence-corrected chi connectivity index (χ1v) is 11.1. The summed E-state index contributed by atoms with van der Waals surface area (Å²) in [7, 11) is 0. The van der Waals surface area contributed by atoms with Gasteiger partial charge in [0.1, 0.15) is 17.1 Å². The van der Waals surface area contributed by atoms with Crippen LogP contribution in [0.3, 0.4) is 0 Å². The van der Waals surface area contributed by atoms with Gasteiger partial charge in [-0.15, -0.1) is 0 Å². The third kappa shape index (κ3) is 4.93. The van der Waals surface area contributed by atoms with Crippen LogP contribution in [0.15, 0.2) is 79.0 Å². The molecule has 2 aromatic heterocycles. The van der Waals surface area contributed by atoms with Crippen LogP contribution in [0.1, 0.15) is 55.4 Å². The number of carboxylic acid groups (broad SMARTS) is 1. The molecule has 7 nitrogen and oxygen atoms in total. The van der Waals surface area contributed by atoms with Crippen molar-refractivity contribution in [2.45, 2.75) is 39.2 Å². The van der Waals surface area contributed by atoms with E-state index < -0.39 is 5.97 Å². The number of hydrogen-bond acceptors (Lipinski definition) is 5. The molecular weight excluding hydrogens is 428 g/mol. The Morgan fingerprint density at radius 2 is 1.74 bits per heavy atom. The molecule has 0 spiro atoms. The van der Waals surface area contributed by atoms with E-state index in [0.717, 1.165) is 11.1 Å². The van der Waals surface area contributed by atoms with Gasteiger partial charge in [0.15, 0.2) is 5.82 Å². The number of ether oxygens (including phenoxy) is 1. The van der Waals surface area contributed by atoms with E-state index in [0.29, 0.717) is 23.1 Å². The molecule has 0 aliphatic heterocycles. The van der Waals surface area contributed by atoms with Crippen molar-refractivity contribution in [1.82, 2.24) is 14.8 Å². The van der Waals surface area contributed by atoms with Gasteiger partial charge in [-0.25, -0.2) is 14.5 Å². The number of carboxylic acids is 1. The number of carbonyl (C=O) groups is 1. The first kappa shape index (κ1) is 23.0. The number of para-hydroxylation sites is 1. The number of nitrogens with one attached hydrogen (secondary N) is 1. The summed E-state index contributed by atoms with van der Waals surface area (Å²) in [4.78, 5) is 16.3. The second-order valence-corrected chi connectivity index (χ2v) is 9.08. The van der Waals surface area contributed by atoms with Gasteiger partial charge in [0.25, 0.3) is 0 Å². The summed E-state index contributed by atoms with van der Waals surface area (Å²) in [5.41, 5.74) is 2.58. The topological polar surface area (TPSA) is 89.3 Å². The van der Waals surface area contributed by atoms with Crippen molar-refractivity contribution < 1.29 is 14.6 Å². The van der Waals surface area contributed by atoms with Gasteiger partial charge in [-0.05, 0) is 36.1 Å². The molecule has 0 bridgehead atoms. The molecular formula is C27H28N4O3. The number of anilines is 2. The minimum absolute atomic E-state index is 0.0864. The summed E-state index contributed by atoms with van der Waals surface area (Å²) in [6.45, 7) is 8.29. The van der Waals surface area contributed by atoms with E-state index in [1.807, 2.05) is 67.6 Å². The van der Waals surface area contributed by atoms with Gasteiger partial charge in [-0.3, -0.25) is 0 Å². The molecule has 4 aromatic rings. The van der Waals surface area contributed by atoms with E-state index >= 15 is 0 Å². The Labute approximate surface area is 199 Å². The van der Waals surface area contributed by atoms with Crippen LogP contribution in [0, 0.1) is 0 Å². The summed E-state index contributed by atoms with van der Waals surface area (Å²) in [5.74, 6) is 0.431. The fraction of sp³-hybridized carbons (Fsp3) is 0.222. The smallest absolute Gasteiger partial charge is 0.354 e. The highest BCUT2D eigenvalue weighted by Gasteiger charge is 2.22. The summed E-state index contributed by atoms with van der Waals surface area (Å²) in [6, 6.07) is 22.4. The number of aromatic nitrogens is 3. The number of nitrogens with zero attached hydrogens (tertiary/aromatic N) is 3. The Morgan fingerprint density at radius 3 is 2.44 bits per heavy atom. The van der Waals surface area contributed by atoms with Crippen LogP contribution in [-0.2, 0) is 5.41 Å². The molecule has 2 N–H and O–H groups in total. The second kappa shape index (κ2) is 9.39. The van der Waals surface area contributed by atoms with Gasteiger partial charge in [-0.1, -0.05) is 69.3 Å². The third-order valence-electron chi connectivity index (χ3n) is 5.54. The monoisotopic (exact) mass is 456 g/mol. The molecule has 174 valence electrons. The predicted molar refractivity (Wildman–Crippen MR) is 132 cm³/mol. The van der Waals surface area contributed by atoms with Gasteiger partial charge in [0, 0.05) is 17.8 Å². The highest BCUT2D eigenvalue weighted by atomic mass is 16.5.